The predicted octanol–water partition coefficient (Wildman–Crippen LogP) is 3.35. The largest absolute Gasteiger partial charge is 0.497 e. The molecule has 0 spiro atoms. The summed E-state index contributed by atoms with van der Waals surface area (Å²) < 4.78 is 1.63. The van der Waals surface area contributed by atoms with E-state index in [9.17, 15) is 35.1 Å². The molecule has 13 heteroatoms. The third-order valence-electron chi connectivity index (χ3n) is 4.16. The van der Waals surface area contributed by atoms with Crippen molar-refractivity contribution in [3.63, 3.8) is 0 Å². The molecule has 13 nitrogen and oxygen atoms in total. The molecular formula is C21H17N4O9+. The van der Waals surface area contributed by atoms with Gasteiger partial charge in [-0.3, -0.25) is 30.3 Å². The summed E-state index contributed by atoms with van der Waals surface area (Å²) in [6.07, 6.45) is 7.55. The molecule has 0 saturated carbocycles. The van der Waals surface area contributed by atoms with Gasteiger partial charge in [0.05, 0.1) is 26.9 Å². The Morgan fingerprint density at radius 1 is 0.824 bits per heavy atom. The van der Waals surface area contributed by atoms with Crippen LogP contribution in [0.5, 0.6) is 5.75 Å². The van der Waals surface area contributed by atoms with Gasteiger partial charge in [0.1, 0.15) is 0 Å². The Morgan fingerprint density at radius 2 is 1.29 bits per heavy atom. The summed E-state index contributed by atoms with van der Waals surface area (Å²) in [4.78, 5) is 38.3. The van der Waals surface area contributed by atoms with Crippen LogP contribution in [0.4, 0.5) is 17.1 Å². The molecule has 0 bridgehead atoms. The van der Waals surface area contributed by atoms with Crippen LogP contribution in [0.25, 0.3) is 12.2 Å². The summed E-state index contributed by atoms with van der Waals surface area (Å²) in [6, 6.07) is 14.7. The van der Waals surface area contributed by atoms with Crippen molar-refractivity contribution in [2.24, 2.45) is 0 Å². The van der Waals surface area contributed by atoms with Crippen LogP contribution in [0.1, 0.15) is 11.1 Å². The van der Waals surface area contributed by atoms with Crippen molar-refractivity contribution < 1.29 is 34.3 Å². The van der Waals surface area contributed by atoms with Crippen LogP contribution in [0.15, 0.2) is 67.0 Å². The molecule has 1 aromatic heterocycles. The van der Waals surface area contributed by atoms with Crippen LogP contribution in [-0.4, -0.2) is 31.0 Å². The number of hydrogen-bond acceptors (Lipinski definition) is 8. The first-order valence-electron chi connectivity index (χ1n) is 9.32. The first kappa shape index (κ1) is 25.1. The first-order valence-corrected chi connectivity index (χ1v) is 9.32. The number of non-ortho nitro benzene ring substituents is 1. The van der Waals surface area contributed by atoms with Crippen LogP contribution in [0, 0.1) is 30.3 Å². The van der Waals surface area contributed by atoms with Crippen molar-refractivity contribution in [3.05, 3.63) is 108 Å². The SMILES string of the molecule is O=C(O)C[n+]1ccc(/C=C/c2ccccc2)cc1.O=[N+]([O-])c1cc([N+](=O)[O-])c(O)c([N+](=O)[O-])c1. The number of aliphatic carboxylic acids is 1. The van der Waals surface area contributed by atoms with E-state index in [0.29, 0.717) is 12.1 Å². The lowest BCUT2D eigenvalue weighted by molar-refractivity contribution is -0.685. The monoisotopic (exact) mass is 469 g/mol. The molecule has 0 saturated heterocycles. The van der Waals surface area contributed by atoms with Crippen molar-refractivity contribution in [1.29, 1.82) is 0 Å². The van der Waals surface area contributed by atoms with Gasteiger partial charge >= 0.3 is 17.3 Å². The van der Waals surface area contributed by atoms with Gasteiger partial charge < -0.3 is 10.2 Å². The summed E-state index contributed by atoms with van der Waals surface area (Å²) in [5, 5.41) is 48.9. The van der Waals surface area contributed by atoms with Gasteiger partial charge in [-0.2, -0.15) is 4.57 Å². The number of nitro benzene ring substituents is 3. The standard InChI is InChI=1S/C15H13NO2.C6H3N3O7/c17-15(18)12-16-10-8-14(9-11-16)7-6-13-4-2-1-3-5-13;10-6-4(8(13)14)1-3(7(11)12)2-5(6)9(15)16/h1-11H,12H2;1-2,10H/p+1/b7-6+;. The summed E-state index contributed by atoms with van der Waals surface area (Å²) >= 11 is 0. The van der Waals surface area contributed by atoms with Gasteiger partial charge in [-0.05, 0) is 11.1 Å². The minimum atomic E-state index is -1.21. The Balaban J connectivity index is 0.000000242. The maximum absolute atomic E-state index is 10.5. The van der Waals surface area contributed by atoms with E-state index < -0.39 is 43.6 Å². The summed E-state index contributed by atoms with van der Waals surface area (Å²) in [7, 11) is 0. The van der Waals surface area contributed by atoms with E-state index in [1.807, 2.05) is 54.6 Å². The molecule has 0 fully saturated rings. The number of carboxylic acids is 1. The van der Waals surface area contributed by atoms with Crippen LogP contribution in [-0.2, 0) is 11.3 Å². The summed E-state index contributed by atoms with van der Waals surface area (Å²) in [5.41, 5.74) is -0.821. The average molecular weight is 469 g/mol. The molecule has 0 aliphatic rings. The molecule has 174 valence electrons. The topological polar surface area (TPSA) is 191 Å². The third-order valence-corrected chi connectivity index (χ3v) is 4.16. The number of phenolic OH excluding ortho intramolecular Hbond substituents is 1. The van der Waals surface area contributed by atoms with Gasteiger partial charge in [-0.15, -0.1) is 0 Å². The second-order valence-electron chi connectivity index (χ2n) is 6.55. The molecule has 2 aromatic carbocycles. The molecule has 34 heavy (non-hydrogen) atoms. The summed E-state index contributed by atoms with van der Waals surface area (Å²) in [5.74, 6) is -2.05. The van der Waals surface area contributed by atoms with E-state index in [1.54, 1.807) is 17.0 Å². The maximum Gasteiger partial charge on any atom is 0.370 e. The lowest BCUT2D eigenvalue weighted by Gasteiger charge is -1.97. The second-order valence-corrected chi connectivity index (χ2v) is 6.55. The number of phenols is 1. The van der Waals surface area contributed by atoms with Gasteiger partial charge in [0.25, 0.3) is 11.4 Å². The molecule has 0 amide bonds. The second kappa shape index (κ2) is 11.4. The number of nitrogens with zero attached hydrogens (tertiary/aromatic N) is 4. The van der Waals surface area contributed by atoms with Crippen LogP contribution in [0.3, 0.4) is 0 Å². The van der Waals surface area contributed by atoms with Crippen molar-refractivity contribution in [2.45, 2.75) is 6.54 Å². The molecule has 3 aromatic rings. The highest BCUT2D eigenvalue weighted by Crippen LogP contribution is 2.38. The van der Waals surface area contributed by atoms with E-state index in [-0.39, 0.29) is 6.54 Å². The fourth-order valence-electron chi connectivity index (χ4n) is 2.57. The summed E-state index contributed by atoms with van der Waals surface area (Å²) in [6.45, 7) is -0.0112. The molecule has 0 radical (unpaired) electrons. The van der Waals surface area contributed by atoms with Gasteiger partial charge in [0, 0.05) is 12.1 Å². The Bertz CT molecular complexity index is 1210. The van der Waals surface area contributed by atoms with E-state index in [1.165, 1.54) is 0 Å². The number of carboxylic acid groups (broad SMARTS) is 1. The fraction of sp³-hybridized carbons (Fsp3) is 0.0476. The van der Waals surface area contributed by atoms with Crippen molar-refractivity contribution in [1.82, 2.24) is 0 Å². The number of nitro groups is 3. The number of benzene rings is 2. The average Bonchev–Trinajstić information content (AvgIpc) is 2.79. The number of pyridine rings is 1. The van der Waals surface area contributed by atoms with E-state index in [0.717, 1.165) is 11.1 Å². The lowest BCUT2D eigenvalue weighted by Crippen LogP contribution is -2.36. The Morgan fingerprint density at radius 3 is 1.71 bits per heavy atom. The number of hydrogen-bond donors (Lipinski definition) is 2. The molecule has 0 aliphatic carbocycles. The number of aromatic hydroxyl groups is 1. The highest BCUT2D eigenvalue weighted by Gasteiger charge is 2.30. The minimum absolute atomic E-state index is 0.0112. The zero-order valence-electron chi connectivity index (χ0n) is 17.3. The molecule has 1 heterocycles. The van der Waals surface area contributed by atoms with Crippen molar-refractivity contribution >= 4 is 35.2 Å². The molecule has 0 unspecified atom stereocenters. The molecule has 0 atom stereocenters. The molecule has 2 N–H and O–H groups in total. The number of carbonyl (C=O) groups is 1. The smallest absolute Gasteiger partial charge is 0.370 e. The predicted molar refractivity (Wildman–Crippen MR) is 118 cm³/mol. The van der Waals surface area contributed by atoms with Crippen molar-refractivity contribution in [3.8, 4) is 5.75 Å². The number of aromatic nitrogens is 1. The Labute approximate surface area is 190 Å². The van der Waals surface area contributed by atoms with Gasteiger partial charge in [-0.25, -0.2) is 4.79 Å². The molecule has 0 aliphatic heterocycles. The fourth-order valence-corrected chi connectivity index (χ4v) is 2.57. The zero-order valence-corrected chi connectivity index (χ0v) is 17.3. The maximum atomic E-state index is 10.5. The highest BCUT2D eigenvalue weighted by molar-refractivity contribution is 5.69. The van der Waals surface area contributed by atoms with E-state index in [4.69, 9.17) is 10.2 Å². The van der Waals surface area contributed by atoms with Gasteiger partial charge in [0.15, 0.2) is 12.4 Å². The van der Waals surface area contributed by atoms with Crippen LogP contribution in [0.2, 0.25) is 0 Å². The normalized spacial score (nSPS) is 10.2. The minimum Gasteiger partial charge on any atom is -0.497 e. The van der Waals surface area contributed by atoms with Gasteiger partial charge in [-0.1, -0.05) is 42.5 Å². The third kappa shape index (κ3) is 7.19. The molecular weight excluding hydrogens is 452 g/mol. The van der Waals surface area contributed by atoms with Crippen molar-refractivity contribution in [2.75, 3.05) is 0 Å². The first-order chi connectivity index (χ1) is 16.1. The molecule has 3 rings (SSSR count). The lowest BCUT2D eigenvalue weighted by atomic mass is 10.1. The van der Waals surface area contributed by atoms with E-state index in [2.05, 4.69) is 0 Å². The highest BCUT2D eigenvalue weighted by atomic mass is 16.6. The van der Waals surface area contributed by atoms with Crippen LogP contribution < -0.4 is 4.57 Å². The number of rotatable bonds is 7. The van der Waals surface area contributed by atoms with Crippen LogP contribution >= 0.6 is 0 Å². The Kier molecular flexibility index (Phi) is 8.42. The zero-order chi connectivity index (χ0) is 25.3. The quantitative estimate of drug-likeness (QED) is 0.297. The van der Waals surface area contributed by atoms with Gasteiger partial charge in [0.2, 0.25) is 6.54 Å². The van der Waals surface area contributed by atoms with E-state index >= 15 is 0 Å². The Hall–Kier alpha value is -5.20.